The van der Waals surface area contributed by atoms with Crippen LogP contribution in [0.5, 0.6) is 0 Å². The first kappa shape index (κ1) is 14.5. The molecule has 0 heterocycles. The molecule has 1 amide bonds. The predicted octanol–water partition coefficient (Wildman–Crippen LogP) is 2.55. The van der Waals surface area contributed by atoms with Crippen molar-refractivity contribution < 1.29 is 19.4 Å². The number of carbonyl (C=O) groups excluding carboxylic acids is 1. The summed E-state index contributed by atoms with van der Waals surface area (Å²) in [6.07, 6.45) is 0. The molecule has 0 aliphatic rings. The van der Waals surface area contributed by atoms with Gasteiger partial charge in [0.05, 0.1) is 12.0 Å². The SMILES string of the molecule is Cc1cc(C(=O)NCCBr)ccc1SOOO. The molecule has 17 heavy (non-hydrogen) atoms. The van der Waals surface area contributed by atoms with Crippen LogP contribution >= 0.6 is 28.0 Å². The van der Waals surface area contributed by atoms with Crippen LogP contribution in [0.2, 0.25) is 0 Å². The molecule has 0 spiro atoms. The van der Waals surface area contributed by atoms with Gasteiger partial charge in [0.1, 0.15) is 0 Å². The van der Waals surface area contributed by atoms with Crippen molar-refractivity contribution in [1.82, 2.24) is 5.32 Å². The lowest BCUT2D eigenvalue weighted by molar-refractivity contribution is -0.432. The Labute approximate surface area is 112 Å². The molecule has 0 aromatic heterocycles. The van der Waals surface area contributed by atoms with E-state index in [1.807, 2.05) is 6.92 Å². The summed E-state index contributed by atoms with van der Waals surface area (Å²) in [5.41, 5.74) is 1.44. The number of benzene rings is 1. The fraction of sp³-hybridized carbons (Fsp3) is 0.300. The molecule has 0 saturated heterocycles. The second-order valence-electron chi connectivity index (χ2n) is 3.15. The number of alkyl halides is 1. The van der Waals surface area contributed by atoms with Gasteiger partial charge in [-0.1, -0.05) is 21.0 Å². The Kier molecular flexibility index (Phi) is 6.53. The molecule has 0 bridgehead atoms. The summed E-state index contributed by atoms with van der Waals surface area (Å²) in [6, 6.07) is 5.15. The first-order chi connectivity index (χ1) is 8.19. The van der Waals surface area contributed by atoms with E-state index in [4.69, 9.17) is 5.26 Å². The third kappa shape index (κ3) is 4.64. The number of rotatable bonds is 6. The minimum Gasteiger partial charge on any atom is -0.351 e. The lowest BCUT2D eigenvalue weighted by Crippen LogP contribution is -2.25. The molecule has 0 aliphatic carbocycles. The largest absolute Gasteiger partial charge is 0.351 e. The molecule has 0 fully saturated rings. The average molecular weight is 322 g/mol. The van der Waals surface area contributed by atoms with Crippen molar-refractivity contribution in [2.75, 3.05) is 11.9 Å². The lowest BCUT2D eigenvalue weighted by atomic mass is 10.1. The maximum atomic E-state index is 11.6. The monoisotopic (exact) mass is 321 g/mol. The van der Waals surface area contributed by atoms with E-state index in [0.717, 1.165) is 22.5 Å². The summed E-state index contributed by atoms with van der Waals surface area (Å²) in [7, 11) is 0. The Morgan fingerprint density at radius 1 is 1.59 bits per heavy atom. The number of aryl methyl sites for hydroxylation is 1. The van der Waals surface area contributed by atoms with Crippen molar-refractivity contribution in [3.05, 3.63) is 29.3 Å². The standard InChI is InChI=1S/C10H12BrNO4S/c1-7-6-8(10(13)12-5-4-11)2-3-9(7)17-16-15-14/h2-3,6,14H,4-5H2,1H3,(H,12,13). The summed E-state index contributed by atoms with van der Waals surface area (Å²) >= 11 is 4.11. The van der Waals surface area contributed by atoms with Crippen molar-refractivity contribution in [2.45, 2.75) is 11.8 Å². The molecule has 0 saturated carbocycles. The van der Waals surface area contributed by atoms with Crippen molar-refractivity contribution >= 4 is 33.9 Å². The van der Waals surface area contributed by atoms with E-state index in [0.29, 0.717) is 17.4 Å². The Bertz CT molecular complexity index is 389. The molecule has 1 aromatic rings. The molecule has 0 aliphatic heterocycles. The van der Waals surface area contributed by atoms with Crippen LogP contribution in [-0.4, -0.2) is 23.0 Å². The van der Waals surface area contributed by atoms with E-state index in [-0.39, 0.29) is 5.91 Å². The Morgan fingerprint density at radius 3 is 2.94 bits per heavy atom. The highest BCUT2D eigenvalue weighted by atomic mass is 79.9. The van der Waals surface area contributed by atoms with Gasteiger partial charge in [-0.25, -0.2) is 5.26 Å². The van der Waals surface area contributed by atoms with Crippen LogP contribution in [0.3, 0.4) is 0 Å². The van der Waals surface area contributed by atoms with Crippen LogP contribution < -0.4 is 5.32 Å². The summed E-state index contributed by atoms with van der Waals surface area (Å²) in [4.78, 5) is 12.4. The van der Waals surface area contributed by atoms with E-state index >= 15 is 0 Å². The summed E-state index contributed by atoms with van der Waals surface area (Å²) in [5.74, 6) is -0.122. The van der Waals surface area contributed by atoms with Crippen molar-refractivity contribution in [1.29, 1.82) is 0 Å². The third-order valence-electron chi connectivity index (χ3n) is 1.97. The molecule has 1 aromatic carbocycles. The lowest BCUT2D eigenvalue weighted by Gasteiger charge is -2.06. The average Bonchev–Trinajstić information content (AvgIpc) is 2.34. The highest BCUT2D eigenvalue weighted by Gasteiger charge is 2.08. The van der Waals surface area contributed by atoms with Gasteiger partial charge in [-0.3, -0.25) is 4.79 Å². The Hall–Kier alpha value is -0.600. The Balaban J connectivity index is 2.70. The third-order valence-corrected chi connectivity index (χ3v) is 3.13. The molecule has 94 valence electrons. The number of halogens is 1. The van der Waals surface area contributed by atoms with Crippen LogP contribution in [0.4, 0.5) is 0 Å². The number of hydrogen-bond donors (Lipinski definition) is 2. The van der Waals surface area contributed by atoms with Crippen LogP contribution in [0.1, 0.15) is 15.9 Å². The van der Waals surface area contributed by atoms with E-state index in [2.05, 4.69) is 30.6 Å². The normalized spacial score (nSPS) is 10.3. The smallest absolute Gasteiger partial charge is 0.251 e. The van der Waals surface area contributed by atoms with E-state index in [1.54, 1.807) is 18.2 Å². The maximum absolute atomic E-state index is 11.6. The van der Waals surface area contributed by atoms with E-state index in [9.17, 15) is 4.79 Å². The topological polar surface area (TPSA) is 67.8 Å². The molecular weight excluding hydrogens is 310 g/mol. The quantitative estimate of drug-likeness (QED) is 0.365. The number of hydrogen-bond acceptors (Lipinski definition) is 5. The van der Waals surface area contributed by atoms with Crippen molar-refractivity contribution in [2.24, 2.45) is 0 Å². The van der Waals surface area contributed by atoms with Crippen LogP contribution in [0.15, 0.2) is 23.1 Å². The van der Waals surface area contributed by atoms with Crippen LogP contribution in [-0.2, 0) is 9.37 Å². The van der Waals surface area contributed by atoms with E-state index in [1.165, 1.54) is 0 Å². The molecule has 0 atom stereocenters. The summed E-state index contributed by atoms with van der Waals surface area (Å²) in [5, 5.41) is 15.0. The van der Waals surface area contributed by atoms with Gasteiger partial charge in [0.2, 0.25) is 0 Å². The number of carbonyl (C=O) groups is 1. The zero-order valence-corrected chi connectivity index (χ0v) is 11.5. The second kappa shape index (κ2) is 7.67. The molecule has 5 nitrogen and oxygen atoms in total. The molecule has 0 unspecified atom stereocenters. The minimum absolute atomic E-state index is 0.122. The number of amides is 1. The highest BCUT2D eigenvalue weighted by Crippen LogP contribution is 2.24. The Morgan fingerprint density at radius 2 is 2.35 bits per heavy atom. The fourth-order valence-corrected chi connectivity index (χ4v) is 1.81. The van der Waals surface area contributed by atoms with Gasteiger partial charge in [0.15, 0.2) is 0 Å². The van der Waals surface area contributed by atoms with Gasteiger partial charge in [-0.15, -0.1) is 4.33 Å². The highest BCUT2D eigenvalue weighted by molar-refractivity contribution is 9.09. The number of nitrogens with one attached hydrogen (secondary N) is 1. The molecule has 0 radical (unpaired) electrons. The second-order valence-corrected chi connectivity index (χ2v) is 4.69. The molecule has 7 heteroatoms. The summed E-state index contributed by atoms with van der Waals surface area (Å²) < 4.78 is 4.33. The van der Waals surface area contributed by atoms with Crippen molar-refractivity contribution in [3.8, 4) is 0 Å². The molecule has 1 rings (SSSR count). The molecule has 2 N–H and O–H groups in total. The minimum atomic E-state index is -0.122. The van der Waals surface area contributed by atoms with Gasteiger partial charge in [-0.05, 0) is 30.7 Å². The van der Waals surface area contributed by atoms with Gasteiger partial charge < -0.3 is 5.32 Å². The first-order valence-corrected chi connectivity index (χ1v) is 6.65. The maximum Gasteiger partial charge on any atom is 0.251 e. The van der Waals surface area contributed by atoms with Gasteiger partial charge in [0, 0.05) is 22.3 Å². The van der Waals surface area contributed by atoms with Gasteiger partial charge >= 0.3 is 0 Å². The molecular formula is C10H12BrNO4S. The van der Waals surface area contributed by atoms with Crippen LogP contribution in [0.25, 0.3) is 0 Å². The predicted molar refractivity (Wildman–Crippen MR) is 68.0 cm³/mol. The summed E-state index contributed by atoms with van der Waals surface area (Å²) in [6.45, 7) is 2.42. The first-order valence-electron chi connectivity index (χ1n) is 4.78. The zero-order chi connectivity index (χ0) is 12.7. The van der Waals surface area contributed by atoms with Crippen molar-refractivity contribution in [3.63, 3.8) is 0 Å². The fourth-order valence-electron chi connectivity index (χ4n) is 1.20. The van der Waals surface area contributed by atoms with E-state index < -0.39 is 0 Å². The van der Waals surface area contributed by atoms with Gasteiger partial charge in [0.25, 0.3) is 5.91 Å². The van der Waals surface area contributed by atoms with Gasteiger partial charge in [-0.2, -0.15) is 0 Å². The zero-order valence-electron chi connectivity index (χ0n) is 9.10. The van der Waals surface area contributed by atoms with Crippen LogP contribution in [0, 0.1) is 6.92 Å².